The Hall–Kier alpha value is -1.91. The summed E-state index contributed by atoms with van der Waals surface area (Å²) in [6.07, 6.45) is 8.34. The fourth-order valence-corrected chi connectivity index (χ4v) is 4.67. The topological polar surface area (TPSA) is 41.0 Å². The first kappa shape index (κ1) is 19.4. The predicted octanol–water partition coefficient (Wildman–Crippen LogP) is 5.16. The molecule has 0 unspecified atom stereocenters. The molecule has 148 valence electrons. The minimum Gasteiger partial charge on any atom is -0.358 e. The molecule has 1 aromatic heterocycles. The highest BCUT2D eigenvalue weighted by molar-refractivity contribution is 6.30. The van der Waals surface area contributed by atoms with Crippen LogP contribution in [-0.4, -0.2) is 34.5 Å². The lowest BCUT2D eigenvalue weighted by Gasteiger charge is -2.40. The van der Waals surface area contributed by atoms with Crippen LogP contribution >= 0.6 is 11.6 Å². The fourth-order valence-electron chi connectivity index (χ4n) is 4.49. The quantitative estimate of drug-likeness (QED) is 0.757. The molecular weight excluding hydrogens is 368 g/mol. The average Bonchev–Trinajstić information content (AvgIpc) is 2.95. The molecule has 1 fully saturated rings. The number of nitrogens with one attached hydrogen (secondary N) is 1. The first-order valence-electron chi connectivity index (χ1n) is 10.3. The van der Waals surface area contributed by atoms with Crippen LogP contribution in [0.2, 0.25) is 5.02 Å². The zero-order valence-electron chi connectivity index (χ0n) is 16.8. The Labute approximate surface area is 173 Å². The summed E-state index contributed by atoms with van der Waals surface area (Å²) in [4.78, 5) is 11.5. The first-order chi connectivity index (χ1) is 13.5. The molecule has 0 bridgehead atoms. The summed E-state index contributed by atoms with van der Waals surface area (Å²) in [5.74, 6) is 1.31. The van der Waals surface area contributed by atoms with Crippen molar-refractivity contribution >= 4 is 17.3 Å². The number of piperidine rings is 1. The number of allylic oxidation sites excluding steroid dienone is 1. The van der Waals surface area contributed by atoms with E-state index < -0.39 is 0 Å². The largest absolute Gasteiger partial charge is 0.358 e. The van der Waals surface area contributed by atoms with E-state index >= 15 is 0 Å². The molecule has 4 rings (SSSR count). The van der Waals surface area contributed by atoms with Gasteiger partial charge < -0.3 is 10.2 Å². The molecule has 1 aromatic carbocycles. The highest BCUT2D eigenvalue weighted by Gasteiger charge is 2.44. The third kappa shape index (κ3) is 3.68. The number of hydrogen-bond acceptors (Lipinski definition) is 4. The Morgan fingerprint density at radius 3 is 2.61 bits per heavy atom. The van der Waals surface area contributed by atoms with E-state index in [9.17, 15) is 0 Å². The van der Waals surface area contributed by atoms with Crippen molar-refractivity contribution < 1.29 is 0 Å². The number of anilines is 1. The maximum atomic E-state index is 6.28. The zero-order valence-corrected chi connectivity index (χ0v) is 17.6. The summed E-state index contributed by atoms with van der Waals surface area (Å²) in [5, 5.41) is 4.30. The molecule has 0 saturated carbocycles. The van der Waals surface area contributed by atoms with E-state index in [1.54, 1.807) is 0 Å². The Bertz CT molecular complexity index is 851. The average molecular weight is 397 g/mol. The molecular formula is C23H29ClN4. The van der Waals surface area contributed by atoms with Crippen molar-refractivity contribution in [2.24, 2.45) is 0 Å². The third-order valence-electron chi connectivity index (χ3n) is 6.25. The minimum atomic E-state index is 0.0389. The molecule has 2 aromatic rings. The molecule has 0 atom stereocenters. The molecule has 28 heavy (non-hydrogen) atoms. The number of halogens is 1. The van der Waals surface area contributed by atoms with E-state index in [1.807, 2.05) is 18.5 Å². The van der Waals surface area contributed by atoms with Crippen molar-refractivity contribution in [2.75, 3.05) is 25.0 Å². The van der Waals surface area contributed by atoms with Crippen LogP contribution in [0.4, 0.5) is 5.69 Å². The van der Waals surface area contributed by atoms with Gasteiger partial charge in [-0.25, -0.2) is 9.97 Å². The van der Waals surface area contributed by atoms with Gasteiger partial charge in [-0.15, -0.1) is 0 Å². The van der Waals surface area contributed by atoms with Gasteiger partial charge in [0.15, 0.2) is 0 Å². The number of hydrogen-bond donors (Lipinski definition) is 1. The standard InChI is InChI=1S/C23H29ClN4/c1-16(2)22-25-14-18(15-26-22)5-4-10-28-11-8-23(9-12-28)17(3)27-21-7-6-19(24)13-20(21)23/h6-7,13-16,27H,3-5,8-12H2,1-2H3. The van der Waals surface area contributed by atoms with Crippen molar-refractivity contribution in [1.29, 1.82) is 0 Å². The van der Waals surface area contributed by atoms with Crippen LogP contribution in [0, 0.1) is 0 Å². The van der Waals surface area contributed by atoms with Crippen LogP contribution in [0.1, 0.15) is 56.0 Å². The van der Waals surface area contributed by atoms with Gasteiger partial charge in [-0.05, 0) is 74.6 Å². The minimum absolute atomic E-state index is 0.0389. The van der Waals surface area contributed by atoms with Crippen molar-refractivity contribution in [3.63, 3.8) is 0 Å². The Balaban J connectivity index is 1.31. The molecule has 2 aliphatic rings. The Morgan fingerprint density at radius 2 is 1.93 bits per heavy atom. The van der Waals surface area contributed by atoms with E-state index in [4.69, 9.17) is 11.6 Å². The molecule has 3 heterocycles. The van der Waals surface area contributed by atoms with Crippen molar-refractivity contribution in [3.8, 4) is 0 Å². The molecule has 1 saturated heterocycles. The van der Waals surface area contributed by atoms with Gasteiger partial charge in [-0.2, -0.15) is 0 Å². The van der Waals surface area contributed by atoms with Crippen molar-refractivity contribution in [3.05, 3.63) is 64.8 Å². The molecule has 0 amide bonds. The summed E-state index contributed by atoms with van der Waals surface area (Å²) in [5.41, 5.74) is 4.90. The molecule has 0 aliphatic carbocycles. The van der Waals surface area contributed by atoms with Gasteiger partial charge in [0.2, 0.25) is 0 Å². The summed E-state index contributed by atoms with van der Waals surface area (Å²) >= 11 is 6.28. The van der Waals surface area contributed by atoms with Crippen LogP contribution < -0.4 is 5.32 Å². The van der Waals surface area contributed by atoms with E-state index in [0.29, 0.717) is 5.92 Å². The van der Waals surface area contributed by atoms with E-state index in [2.05, 4.69) is 52.7 Å². The summed E-state index contributed by atoms with van der Waals surface area (Å²) in [7, 11) is 0. The number of likely N-dealkylation sites (tertiary alicyclic amines) is 1. The van der Waals surface area contributed by atoms with Crippen LogP contribution in [-0.2, 0) is 11.8 Å². The second kappa shape index (κ2) is 7.84. The maximum Gasteiger partial charge on any atom is 0.130 e. The van der Waals surface area contributed by atoms with Crippen molar-refractivity contribution in [1.82, 2.24) is 14.9 Å². The second-order valence-corrected chi connectivity index (χ2v) is 8.86. The van der Waals surface area contributed by atoms with Crippen LogP contribution in [0.25, 0.3) is 0 Å². The molecule has 1 N–H and O–H groups in total. The Kier molecular flexibility index (Phi) is 5.44. The number of rotatable bonds is 5. The molecule has 5 heteroatoms. The number of aryl methyl sites for hydroxylation is 1. The lowest BCUT2D eigenvalue weighted by Crippen LogP contribution is -2.43. The van der Waals surface area contributed by atoms with Gasteiger partial charge in [0.1, 0.15) is 5.82 Å². The predicted molar refractivity (Wildman–Crippen MR) is 116 cm³/mol. The lowest BCUT2D eigenvalue weighted by atomic mass is 9.72. The SMILES string of the molecule is C=C1Nc2ccc(Cl)cc2C12CCN(CCCc1cnc(C(C)C)nc1)CC2. The van der Waals surface area contributed by atoms with E-state index in [0.717, 1.165) is 61.9 Å². The van der Waals surface area contributed by atoms with Gasteiger partial charge in [0.25, 0.3) is 0 Å². The lowest BCUT2D eigenvalue weighted by molar-refractivity contribution is 0.179. The summed E-state index contributed by atoms with van der Waals surface area (Å²) in [6, 6.07) is 6.15. The summed E-state index contributed by atoms with van der Waals surface area (Å²) in [6.45, 7) is 11.9. The molecule has 2 aliphatic heterocycles. The molecule has 4 nitrogen and oxygen atoms in total. The number of fused-ring (bicyclic) bond motifs is 2. The molecule has 1 spiro atoms. The highest BCUT2D eigenvalue weighted by atomic mass is 35.5. The van der Waals surface area contributed by atoms with Gasteiger partial charge in [0, 0.05) is 40.1 Å². The summed E-state index contributed by atoms with van der Waals surface area (Å²) < 4.78 is 0. The monoisotopic (exact) mass is 396 g/mol. The van der Waals surface area contributed by atoms with E-state index in [1.165, 1.54) is 16.8 Å². The molecule has 0 radical (unpaired) electrons. The van der Waals surface area contributed by atoms with Gasteiger partial charge in [0.05, 0.1) is 0 Å². The first-order valence-corrected chi connectivity index (χ1v) is 10.7. The maximum absolute atomic E-state index is 6.28. The fraction of sp³-hybridized carbons (Fsp3) is 0.478. The Morgan fingerprint density at radius 1 is 1.21 bits per heavy atom. The van der Waals surface area contributed by atoms with Crippen LogP contribution in [0.3, 0.4) is 0 Å². The van der Waals surface area contributed by atoms with Gasteiger partial charge in [-0.3, -0.25) is 0 Å². The third-order valence-corrected chi connectivity index (χ3v) is 6.49. The second-order valence-electron chi connectivity index (χ2n) is 8.42. The number of benzene rings is 1. The van der Waals surface area contributed by atoms with E-state index in [-0.39, 0.29) is 5.41 Å². The van der Waals surface area contributed by atoms with Gasteiger partial charge >= 0.3 is 0 Å². The highest BCUT2D eigenvalue weighted by Crippen LogP contribution is 2.50. The smallest absolute Gasteiger partial charge is 0.130 e. The zero-order chi connectivity index (χ0) is 19.7. The normalized spacial score (nSPS) is 18.5. The van der Waals surface area contributed by atoms with Crippen molar-refractivity contribution in [2.45, 2.75) is 50.9 Å². The van der Waals surface area contributed by atoms with Crippen LogP contribution in [0.15, 0.2) is 42.9 Å². The van der Waals surface area contributed by atoms with Gasteiger partial charge in [-0.1, -0.05) is 32.0 Å². The number of nitrogens with zero attached hydrogens (tertiary/aromatic N) is 3. The van der Waals surface area contributed by atoms with Crippen LogP contribution in [0.5, 0.6) is 0 Å². The number of aromatic nitrogens is 2.